The Morgan fingerprint density at radius 3 is 2.47 bits per heavy atom. The van der Waals surface area contributed by atoms with Crippen molar-refractivity contribution in [2.24, 2.45) is 23.2 Å². The van der Waals surface area contributed by atoms with Crippen LogP contribution in [0.2, 0.25) is 0 Å². The number of hydrogen-bond donors (Lipinski definition) is 1. The summed E-state index contributed by atoms with van der Waals surface area (Å²) in [5.41, 5.74) is -0.219. The Labute approximate surface area is 114 Å². The lowest BCUT2D eigenvalue weighted by Gasteiger charge is -2.45. The fourth-order valence-corrected chi connectivity index (χ4v) is 4.49. The Bertz CT molecular complexity index is 385. The van der Waals surface area contributed by atoms with Crippen LogP contribution in [0, 0.1) is 23.2 Å². The topological polar surface area (TPSA) is 55.4 Å². The van der Waals surface area contributed by atoms with E-state index in [1.165, 1.54) is 12.8 Å². The number of imide groups is 1. The van der Waals surface area contributed by atoms with Gasteiger partial charge in [-0.2, -0.15) is 0 Å². The van der Waals surface area contributed by atoms with Crippen molar-refractivity contribution in [1.29, 1.82) is 0 Å². The van der Waals surface area contributed by atoms with Gasteiger partial charge in [0.2, 0.25) is 11.8 Å². The first-order valence-corrected chi connectivity index (χ1v) is 7.50. The van der Waals surface area contributed by atoms with E-state index in [4.69, 9.17) is 4.74 Å². The Morgan fingerprint density at radius 1 is 1.21 bits per heavy atom. The summed E-state index contributed by atoms with van der Waals surface area (Å²) in [7, 11) is 1.69. The molecule has 0 bridgehead atoms. The minimum absolute atomic E-state index is 0.0138. The van der Waals surface area contributed by atoms with Gasteiger partial charge in [0.05, 0.1) is 6.61 Å². The molecule has 0 aromatic carbocycles. The summed E-state index contributed by atoms with van der Waals surface area (Å²) in [6.45, 7) is 0.554. The summed E-state index contributed by atoms with van der Waals surface area (Å²) in [5, 5.41) is 2.57. The van der Waals surface area contributed by atoms with E-state index in [0.29, 0.717) is 24.9 Å². The molecule has 1 N–H and O–H groups in total. The van der Waals surface area contributed by atoms with E-state index in [2.05, 4.69) is 5.32 Å². The van der Waals surface area contributed by atoms with Crippen molar-refractivity contribution in [3.63, 3.8) is 0 Å². The molecule has 2 saturated carbocycles. The lowest BCUT2D eigenvalue weighted by molar-refractivity contribution is -0.151. The minimum atomic E-state index is -0.219. The minimum Gasteiger partial charge on any atom is -0.384 e. The molecular formula is C15H23NO3. The van der Waals surface area contributed by atoms with Crippen molar-refractivity contribution >= 4 is 11.8 Å². The van der Waals surface area contributed by atoms with Gasteiger partial charge in [-0.1, -0.05) is 12.8 Å². The molecule has 2 amide bonds. The predicted octanol–water partition coefficient (Wildman–Crippen LogP) is 1.88. The highest BCUT2D eigenvalue weighted by Crippen LogP contribution is 2.57. The molecule has 1 heterocycles. The molecule has 4 nitrogen and oxygen atoms in total. The number of amides is 2. The van der Waals surface area contributed by atoms with Crippen LogP contribution in [0.5, 0.6) is 0 Å². The Hall–Kier alpha value is -0.900. The second-order valence-electron chi connectivity index (χ2n) is 6.55. The zero-order valence-corrected chi connectivity index (χ0v) is 11.6. The average molecular weight is 265 g/mol. The van der Waals surface area contributed by atoms with Crippen LogP contribution in [0.15, 0.2) is 0 Å². The third-order valence-electron chi connectivity index (χ3n) is 5.33. The highest BCUT2D eigenvalue weighted by atomic mass is 16.5. The van der Waals surface area contributed by atoms with Gasteiger partial charge in [0.15, 0.2) is 0 Å². The van der Waals surface area contributed by atoms with Gasteiger partial charge in [-0.25, -0.2) is 0 Å². The van der Waals surface area contributed by atoms with Crippen molar-refractivity contribution in [2.75, 3.05) is 13.7 Å². The number of carbonyl (C=O) groups is 2. The lowest BCUT2D eigenvalue weighted by Crippen LogP contribution is -2.57. The normalized spacial score (nSPS) is 36.6. The first-order chi connectivity index (χ1) is 9.17. The highest BCUT2D eigenvalue weighted by Gasteiger charge is 2.58. The molecule has 0 radical (unpaired) electrons. The van der Waals surface area contributed by atoms with E-state index in [-0.39, 0.29) is 23.1 Å². The third-order valence-corrected chi connectivity index (χ3v) is 5.33. The number of carbonyl (C=O) groups excluding carboxylic acids is 2. The smallest absolute Gasteiger partial charge is 0.230 e. The maximum Gasteiger partial charge on any atom is 0.230 e. The van der Waals surface area contributed by atoms with Crippen LogP contribution in [0.3, 0.4) is 0 Å². The van der Waals surface area contributed by atoms with Gasteiger partial charge >= 0.3 is 0 Å². The van der Waals surface area contributed by atoms with Crippen molar-refractivity contribution in [2.45, 2.75) is 44.9 Å². The molecule has 19 heavy (non-hydrogen) atoms. The van der Waals surface area contributed by atoms with Crippen LogP contribution >= 0.6 is 0 Å². The highest BCUT2D eigenvalue weighted by molar-refractivity contribution is 6.00. The maximum absolute atomic E-state index is 12.4. The number of methoxy groups -OCH3 is 1. The fraction of sp³-hybridized carbons (Fsp3) is 0.867. The molecule has 0 aromatic heterocycles. The van der Waals surface area contributed by atoms with Crippen LogP contribution in [0.4, 0.5) is 0 Å². The molecule has 0 spiro atoms. The summed E-state index contributed by atoms with van der Waals surface area (Å²) < 4.78 is 5.44. The van der Waals surface area contributed by atoms with Crippen molar-refractivity contribution in [3.8, 4) is 0 Å². The second kappa shape index (κ2) is 4.89. The molecule has 3 rings (SSSR count). The van der Waals surface area contributed by atoms with E-state index < -0.39 is 0 Å². The van der Waals surface area contributed by atoms with Gasteiger partial charge in [-0.05, 0) is 37.5 Å². The summed E-state index contributed by atoms with van der Waals surface area (Å²) in [4.78, 5) is 24.3. The van der Waals surface area contributed by atoms with E-state index in [1.807, 2.05) is 0 Å². The molecule has 3 fully saturated rings. The lowest BCUT2D eigenvalue weighted by atomic mass is 9.62. The van der Waals surface area contributed by atoms with Gasteiger partial charge in [-0.3, -0.25) is 14.9 Å². The van der Waals surface area contributed by atoms with Gasteiger partial charge in [0, 0.05) is 24.9 Å². The molecule has 106 valence electrons. The fourth-order valence-electron chi connectivity index (χ4n) is 4.49. The summed E-state index contributed by atoms with van der Waals surface area (Å²) in [6, 6.07) is 0. The van der Waals surface area contributed by atoms with Gasteiger partial charge < -0.3 is 4.74 Å². The Balaban J connectivity index is 1.93. The molecule has 1 saturated heterocycles. The summed E-state index contributed by atoms with van der Waals surface area (Å²) in [5.74, 6) is 0.798. The number of piperidine rings is 1. The largest absolute Gasteiger partial charge is 0.384 e. The van der Waals surface area contributed by atoms with Gasteiger partial charge in [0.1, 0.15) is 0 Å². The molecule has 3 aliphatic rings. The van der Waals surface area contributed by atoms with E-state index in [1.54, 1.807) is 7.11 Å². The van der Waals surface area contributed by atoms with E-state index in [0.717, 1.165) is 25.7 Å². The standard InChI is InChI=1S/C15H23NO3/c1-19-9-15(11-6-7-11)8-12(17)16-14(18)13(15)10-4-2-3-5-10/h10-11,13H,2-9H2,1H3,(H,16,17,18). The molecule has 2 unspecified atom stereocenters. The van der Waals surface area contributed by atoms with Crippen molar-refractivity contribution in [1.82, 2.24) is 5.32 Å². The van der Waals surface area contributed by atoms with Crippen molar-refractivity contribution < 1.29 is 14.3 Å². The van der Waals surface area contributed by atoms with Crippen LogP contribution in [-0.4, -0.2) is 25.5 Å². The second-order valence-corrected chi connectivity index (χ2v) is 6.55. The van der Waals surface area contributed by atoms with E-state index >= 15 is 0 Å². The SMILES string of the molecule is COCC1(C2CC2)CC(=O)NC(=O)C1C1CCCC1. The molecule has 4 heteroatoms. The monoisotopic (exact) mass is 265 g/mol. The molecule has 0 aromatic rings. The summed E-state index contributed by atoms with van der Waals surface area (Å²) >= 11 is 0. The number of ether oxygens (including phenoxy) is 1. The van der Waals surface area contributed by atoms with Crippen LogP contribution < -0.4 is 5.32 Å². The predicted molar refractivity (Wildman–Crippen MR) is 70.2 cm³/mol. The number of rotatable bonds is 4. The zero-order chi connectivity index (χ0) is 13.5. The van der Waals surface area contributed by atoms with Crippen LogP contribution in [0.25, 0.3) is 0 Å². The molecule has 1 aliphatic heterocycles. The first kappa shape index (κ1) is 13.1. The maximum atomic E-state index is 12.4. The number of nitrogens with one attached hydrogen (secondary N) is 1. The molecular weight excluding hydrogens is 242 g/mol. The average Bonchev–Trinajstić information content (AvgIpc) is 3.08. The van der Waals surface area contributed by atoms with Crippen molar-refractivity contribution in [3.05, 3.63) is 0 Å². The first-order valence-electron chi connectivity index (χ1n) is 7.50. The summed E-state index contributed by atoms with van der Waals surface area (Å²) in [6.07, 6.45) is 7.46. The number of hydrogen-bond acceptors (Lipinski definition) is 3. The quantitative estimate of drug-likeness (QED) is 0.790. The van der Waals surface area contributed by atoms with Crippen LogP contribution in [0.1, 0.15) is 44.9 Å². The Kier molecular flexibility index (Phi) is 3.37. The Morgan fingerprint density at radius 2 is 1.89 bits per heavy atom. The van der Waals surface area contributed by atoms with Crippen LogP contribution in [-0.2, 0) is 14.3 Å². The van der Waals surface area contributed by atoms with Gasteiger partial charge in [-0.15, -0.1) is 0 Å². The zero-order valence-electron chi connectivity index (χ0n) is 11.6. The molecule has 2 aliphatic carbocycles. The van der Waals surface area contributed by atoms with E-state index in [9.17, 15) is 9.59 Å². The molecule has 2 atom stereocenters. The van der Waals surface area contributed by atoms with Gasteiger partial charge in [0.25, 0.3) is 0 Å². The third kappa shape index (κ3) is 2.20.